The van der Waals surface area contributed by atoms with Crippen molar-refractivity contribution in [1.29, 1.82) is 0 Å². The van der Waals surface area contributed by atoms with E-state index in [1.165, 1.54) is 48.4 Å². The first-order valence-corrected chi connectivity index (χ1v) is 7.41. The average molecular weight is 256 g/mol. The van der Waals surface area contributed by atoms with Crippen molar-refractivity contribution in [2.75, 3.05) is 0 Å². The van der Waals surface area contributed by atoms with E-state index < -0.39 is 0 Å². The number of hydrogen-bond donors (Lipinski definition) is 1. The van der Waals surface area contributed by atoms with Gasteiger partial charge >= 0.3 is 0 Å². The molecule has 0 aliphatic rings. The molecule has 2 aromatic rings. The molecule has 0 aliphatic heterocycles. The predicted octanol–water partition coefficient (Wildman–Crippen LogP) is 4.60. The Morgan fingerprint density at radius 2 is 1.95 bits per heavy atom. The zero-order chi connectivity index (χ0) is 13.5. The first-order chi connectivity index (χ1) is 9.33. The molecule has 0 spiro atoms. The van der Waals surface area contributed by atoms with Gasteiger partial charge < -0.3 is 5.73 Å². The van der Waals surface area contributed by atoms with Crippen LogP contribution in [-0.4, -0.2) is 4.98 Å². The molecule has 2 nitrogen and oxygen atoms in total. The quantitative estimate of drug-likeness (QED) is 0.735. The van der Waals surface area contributed by atoms with Crippen LogP contribution in [0.25, 0.3) is 10.8 Å². The highest BCUT2D eigenvalue weighted by atomic mass is 14.6. The molecule has 2 rings (SSSR count). The lowest BCUT2D eigenvalue weighted by Crippen LogP contribution is -2.10. The van der Waals surface area contributed by atoms with Crippen molar-refractivity contribution in [3.63, 3.8) is 0 Å². The summed E-state index contributed by atoms with van der Waals surface area (Å²) in [5.74, 6) is 0. The van der Waals surface area contributed by atoms with Crippen LogP contribution in [0.4, 0.5) is 0 Å². The lowest BCUT2D eigenvalue weighted by molar-refractivity contribution is 0.557. The minimum atomic E-state index is 0.146. The second-order valence-corrected chi connectivity index (χ2v) is 5.25. The Kier molecular flexibility index (Phi) is 5.34. The summed E-state index contributed by atoms with van der Waals surface area (Å²) in [6.07, 6.45) is 11.3. The fourth-order valence-electron chi connectivity index (χ4n) is 2.59. The molecule has 0 amide bonds. The number of nitrogens with zero attached hydrogens (tertiary/aromatic N) is 1. The Morgan fingerprint density at radius 1 is 1.11 bits per heavy atom. The predicted molar refractivity (Wildman–Crippen MR) is 82.0 cm³/mol. The molecule has 19 heavy (non-hydrogen) atoms. The van der Waals surface area contributed by atoms with Gasteiger partial charge in [-0.3, -0.25) is 4.98 Å². The van der Waals surface area contributed by atoms with Gasteiger partial charge in [0.1, 0.15) is 0 Å². The Hall–Kier alpha value is -1.41. The highest BCUT2D eigenvalue weighted by Gasteiger charge is 2.09. The molecule has 102 valence electrons. The summed E-state index contributed by atoms with van der Waals surface area (Å²) in [5.41, 5.74) is 7.62. The molecular weight excluding hydrogens is 232 g/mol. The number of aromatic nitrogens is 1. The van der Waals surface area contributed by atoms with Crippen LogP contribution < -0.4 is 5.73 Å². The lowest BCUT2D eigenvalue weighted by Gasteiger charge is -2.14. The largest absolute Gasteiger partial charge is 0.324 e. The van der Waals surface area contributed by atoms with Gasteiger partial charge in [-0.05, 0) is 23.4 Å². The Morgan fingerprint density at radius 3 is 2.79 bits per heavy atom. The second kappa shape index (κ2) is 7.25. The minimum absolute atomic E-state index is 0.146. The molecule has 2 N–H and O–H groups in total. The van der Waals surface area contributed by atoms with E-state index in [0.717, 1.165) is 6.42 Å². The molecule has 0 saturated carbocycles. The van der Waals surface area contributed by atoms with Gasteiger partial charge in [0, 0.05) is 23.8 Å². The highest BCUT2D eigenvalue weighted by Crippen LogP contribution is 2.25. The number of rotatable bonds is 7. The number of nitrogens with two attached hydrogens (primary N) is 1. The summed E-state index contributed by atoms with van der Waals surface area (Å²) >= 11 is 0. The van der Waals surface area contributed by atoms with Crippen LogP contribution in [-0.2, 0) is 0 Å². The monoisotopic (exact) mass is 256 g/mol. The molecule has 0 saturated heterocycles. The summed E-state index contributed by atoms with van der Waals surface area (Å²) in [6, 6.07) is 8.55. The average Bonchev–Trinajstić information content (AvgIpc) is 2.46. The van der Waals surface area contributed by atoms with E-state index in [2.05, 4.69) is 36.2 Å². The van der Waals surface area contributed by atoms with Crippen LogP contribution in [0.5, 0.6) is 0 Å². The van der Waals surface area contributed by atoms with Gasteiger partial charge in [0.2, 0.25) is 0 Å². The fourth-order valence-corrected chi connectivity index (χ4v) is 2.59. The number of hydrogen-bond acceptors (Lipinski definition) is 2. The van der Waals surface area contributed by atoms with Crippen molar-refractivity contribution in [1.82, 2.24) is 4.98 Å². The van der Waals surface area contributed by atoms with Gasteiger partial charge in [-0.2, -0.15) is 0 Å². The van der Waals surface area contributed by atoms with E-state index in [1.54, 1.807) is 0 Å². The van der Waals surface area contributed by atoms with Crippen molar-refractivity contribution in [2.45, 2.75) is 51.5 Å². The molecule has 2 heteroatoms. The smallest absolute Gasteiger partial charge is 0.0346 e. The molecule has 0 radical (unpaired) electrons. The van der Waals surface area contributed by atoms with Gasteiger partial charge in [0.25, 0.3) is 0 Å². The first kappa shape index (κ1) is 14.0. The van der Waals surface area contributed by atoms with E-state index in [0.29, 0.717) is 0 Å². The third kappa shape index (κ3) is 3.77. The molecule has 0 bridgehead atoms. The van der Waals surface area contributed by atoms with Gasteiger partial charge in [-0.25, -0.2) is 0 Å². The molecule has 1 heterocycles. The molecule has 0 fully saturated rings. The van der Waals surface area contributed by atoms with Crippen LogP contribution >= 0.6 is 0 Å². The maximum atomic E-state index is 6.36. The van der Waals surface area contributed by atoms with Crippen LogP contribution in [0, 0.1) is 0 Å². The summed E-state index contributed by atoms with van der Waals surface area (Å²) in [5, 5.41) is 2.43. The van der Waals surface area contributed by atoms with Gasteiger partial charge in [-0.15, -0.1) is 0 Å². The van der Waals surface area contributed by atoms with Crippen molar-refractivity contribution in [3.8, 4) is 0 Å². The minimum Gasteiger partial charge on any atom is -0.324 e. The van der Waals surface area contributed by atoms with Crippen LogP contribution in [0.15, 0.2) is 36.7 Å². The van der Waals surface area contributed by atoms with Crippen LogP contribution in [0.2, 0.25) is 0 Å². The topological polar surface area (TPSA) is 38.9 Å². The second-order valence-electron chi connectivity index (χ2n) is 5.25. The zero-order valence-corrected chi connectivity index (χ0v) is 11.8. The van der Waals surface area contributed by atoms with E-state index in [-0.39, 0.29) is 6.04 Å². The zero-order valence-electron chi connectivity index (χ0n) is 11.8. The van der Waals surface area contributed by atoms with E-state index in [1.807, 2.05) is 12.4 Å². The number of unbranched alkanes of at least 4 members (excludes halogenated alkanes) is 4. The fraction of sp³-hybridized carbons (Fsp3) is 0.471. The van der Waals surface area contributed by atoms with Crippen molar-refractivity contribution < 1.29 is 0 Å². The molecule has 1 aromatic carbocycles. The first-order valence-electron chi connectivity index (χ1n) is 7.41. The molecular formula is C17H24N2. The van der Waals surface area contributed by atoms with Gasteiger partial charge in [-0.1, -0.05) is 57.2 Å². The van der Waals surface area contributed by atoms with Crippen molar-refractivity contribution in [3.05, 3.63) is 42.2 Å². The molecule has 0 aliphatic carbocycles. The molecule has 1 aromatic heterocycles. The third-order valence-electron chi connectivity index (χ3n) is 3.73. The normalized spacial score (nSPS) is 12.7. The number of fused-ring (bicyclic) bond motifs is 1. The Labute approximate surface area is 116 Å². The summed E-state index contributed by atoms with van der Waals surface area (Å²) in [4.78, 5) is 4.17. The maximum absolute atomic E-state index is 6.36. The van der Waals surface area contributed by atoms with E-state index >= 15 is 0 Å². The van der Waals surface area contributed by atoms with Crippen molar-refractivity contribution in [2.24, 2.45) is 5.73 Å². The number of benzene rings is 1. The van der Waals surface area contributed by atoms with Crippen molar-refractivity contribution >= 4 is 10.8 Å². The Bertz CT molecular complexity index is 502. The van der Waals surface area contributed by atoms with E-state index in [9.17, 15) is 0 Å². The SMILES string of the molecule is CCCCCCCC(N)c1cccc2cnccc12. The highest BCUT2D eigenvalue weighted by molar-refractivity contribution is 5.85. The summed E-state index contributed by atoms with van der Waals surface area (Å²) < 4.78 is 0. The van der Waals surface area contributed by atoms with Crippen LogP contribution in [0.1, 0.15) is 57.1 Å². The summed E-state index contributed by atoms with van der Waals surface area (Å²) in [7, 11) is 0. The molecule has 1 unspecified atom stereocenters. The van der Waals surface area contributed by atoms with E-state index in [4.69, 9.17) is 5.73 Å². The Balaban J connectivity index is 1.99. The summed E-state index contributed by atoms with van der Waals surface area (Å²) in [6.45, 7) is 2.25. The number of pyridine rings is 1. The van der Waals surface area contributed by atoms with Gasteiger partial charge in [0.15, 0.2) is 0 Å². The third-order valence-corrected chi connectivity index (χ3v) is 3.73. The van der Waals surface area contributed by atoms with Gasteiger partial charge in [0.05, 0.1) is 0 Å². The molecule has 1 atom stereocenters. The van der Waals surface area contributed by atoms with Crippen LogP contribution in [0.3, 0.4) is 0 Å². The maximum Gasteiger partial charge on any atom is 0.0346 e. The lowest BCUT2D eigenvalue weighted by atomic mass is 9.96. The standard InChI is InChI=1S/C17H24N2/c1-2-3-4-5-6-10-17(18)16-9-7-8-14-13-19-12-11-15(14)16/h7-9,11-13,17H,2-6,10,18H2,1H3.